The van der Waals surface area contributed by atoms with Crippen LogP contribution in [0.5, 0.6) is 0 Å². The summed E-state index contributed by atoms with van der Waals surface area (Å²) < 4.78 is 0. The van der Waals surface area contributed by atoms with Crippen LogP contribution < -0.4 is 10.6 Å². The van der Waals surface area contributed by atoms with Gasteiger partial charge < -0.3 is 15.7 Å². The first-order valence-electron chi connectivity index (χ1n) is 6.82. The van der Waals surface area contributed by atoms with Crippen LogP contribution in [0.25, 0.3) is 0 Å². The van der Waals surface area contributed by atoms with Gasteiger partial charge in [-0.25, -0.2) is 4.79 Å². The van der Waals surface area contributed by atoms with Crippen molar-refractivity contribution in [2.45, 2.75) is 39.5 Å². The van der Waals surface area contributed by atoms with Crippen molar-refractivity contribution in [2.24, 2.45) is 0 Å². The fourth-order valence-corrected chi connectivity index (χ4v) is 2.00. The number of aryl methyl sites for hydroxylation is 2. The number of hydrogen-bond donors (Lipinski definition) is 3. The highest BCUT2D eigenvalue weighted by Crippen LogP contribution is 2.13. The maximum atomic E-state index is 11.7. The van der Waals surface area contributed by atoms with Gasteiger partial charge in [-0.2, -0.15) is 0 Å². The maximum Gasteiger partial charge on any atom is 0.319 e. The minimum absolute atomic E-state index is 0.189. The molecule has 0 radical (unpaired) electrons. The highest BCUT2D eigenvalue weighted by atomic mass is 16.4. The van der Waals surface area contributed by atoms with Gasteiger partial charge in [0.05, 0.1) is 0 Å². The van der Waals surface area contributed by atoms with E-state index in [1.54, 1.807) is 0 Å². The number of carboxylic acids is 1. The second-order valence-corrected chi connectivity index (χ2v) is 4.96. The molecular weight excluding hydrogens is 256 g/mol. The van der Waals surface area contributed by atoms with E-state index >= 15 is 0 Å². The zero-order chi connectivity index (χ0) is 15.0. The van der Waals surface area contributed by atoms with Crippen molar-refractivity contribution in [3.8, 4) is 0 Å². The quantitative estimate of drug-likeness (QED) is 0.671. The van der Waals surface area contributed by atoms with Crippen LogP contribution in [-0.2, 0) is 4.79 Å². The molecule has 0 bridgehead atoms. The molecule has 0 aliphatic carbocycles. The van der Waals surface area contributed by atoms with Crippen LogP contribution in [0.15, 0.2) is 18.2 Å². The summed E-state index contributed by atoms with van der Waals surface area (Å²) >= 11 is 0. The summed E-state index contributed by atoms with van der Waals surface area (Å²) in [6, 6.07) is 5.65. The van der Waals surface area contributed by atoms with Gasteiger partial charge in [0, 0.05) is 18.7 Å². The first kappa shape index (κ1) is 16.0. The lowest BCUT2D eigenvalue weighted by Gasteiger charge is -2.09. The molecule has 1 aromatic rings. The monoisotopic (exact) mass is 278 g/mol. The van der Waals surface area contributed by atoms with E-state index in [9.17, 15) is 9.59 Å². The van der Waals surface area contributed by atoms with Gasteiger partial charge in [-0.05, 0) is 49.9 Å². The van der Waals surface area contributed by atoms with Gasteiger partial charge in [-0.1, -0.05) is 12.5 Å². The van der Waals surface area contributed by atoms with Crippen LogP contribution in [-0.4, -0.2) is 23.7 Å². The Balaban J connectivity index is 2.21. The van der Waals surface area contributed by atoms with Crippen molar-refractivity contribution in [1.29, 1.82) is 0 Å². The average molecular weight is 278 g/mol. The standard InChI is InChI=1S/C15H22N2O3/c1-11-8-12(2)10-13(9-11)17-15(20)16-7-5-3-4-6-14(18)19/h8-10H,3-7H2,1-2H3,(H,18,19)(H2,16,17,20). The molecule has 1 aromatic carbocycles. The molecule has 110 valence electrons. The van der Waals surface area contributed by atoms with Gasteiger partial charge >= 0.3 is 12.0 Å². The number of carbonyl (C=O) groups excluding carboxylic acids is 1. The molecule has 0 fully saturated rings. The normalized spacial score (nSPS) is 10.1. The molecule has 0 spiro atoms. The zero-order valence-electron chi connectivity index (χ0n) is 12.0. The van der Waals surface area contributed by atoms with Crippen LogP contribution in [0.1, 0.15) is 36.8 Å². The van der Waals surface area contributed by atoms with E-state index in [1.165, 1.54) is 0 Å². The molecule has 1 rings (SSSR count). The number of rotatable bonds is 7. The summed E-state index contributed by atoms with van der Waals surface area (Å²) in [6.07, 6.45) is 2.42. The number of anilines is 1. The Kier molecular flexibility index (Phi) is 6.56. The van der Waals surface area contributed by atoms with E-state index in [0.717, 1.165) is 29.7 Å². The predicted molar refractivity (Wildman–Crippen MR) is 79.0 cm³/mol. The van der Waals surface area contributed by atoms with Gasteiger partial charge in [-0.15, -0.1) is 0 Å². The Morgan fingerprint density at radius 2 is 1.70 bits per heavy atom. The number of amides is 2. The van der Waals surface area contributed by atoms with Crippen molar-refractivity contribution in [2.75, 3.05) is 11.9 Å². The fourth-order valence-electron chi connectivity index (χ4n) is 2.00. The summed E-state index contributed by atoms with van der Waals surface area (Å²) in [5.74, 6) is -0.773. The number of hydrogen-bond acceptors (Lipinski definition) is 2. The summed E-state index contributed by atoms with van der Waals surface area (Å²) in [6.45, 7) is 4.52. The molecule has 0 saturated heterocycles. The number of benzene rings is 1. The number of nitrogens with one attached hydrogen (secondary N) is 2. The number of urea groups is 1. The Hall–Kier alpha value is -2.04. The number of carboxylic acid groups (broad SMARTS) is 1. The van der Waals surface area contributed by atoms with Crippen molar-refractivity contribution in [3.63, 3.8) is 0 Å². The Morgan fingerprint density at radius 3 is 2.30 bits per heavy atom. The van der Waals surface area contributed by atoms with Gasteiger partial charge in [0.2, 0.25) is 0 Å². The van der Waals surface area contributed by atoms with Crippen molar-refractivity contribution in [3.05, 3.63) is 29.3 Å². The Morgan fingerprint density at radius 1 is 1.05 bits per heavy atom. The lowest BCUT2D eigenvalue weighted by Crippen LogP contribution is -2.29. The second kappa shape index (κ2) is 8.19. The minimum atomic E-state index is -0.773. The van der Waals surface area contributed by atoms with Gasteiger partial charge in [0.1, 0.15) is 0 Å². The van der Waals surface area contributed by atoms with Crippen molar-refractivity contribution in [1.82, 2.24) is 5.32 Å². The summed E-state index contributed by atoms with van der Waals surface area (Å²) in [5, 5.41) is 14.0. The number of carbonyl (C=O) groups is 2. The van der Waals surface area contributed by atoms with Crippen LogP contribution in [0.3, 0.4) is 0 Å². The molecule has 0 unspecified atom stereocenters. The van der Waals surface area contributed by atoms with Crippen LogP contribution in [0.4, 0.5) is 10.5 Å². The van der Waals surface area contributed by atoms with Gasteiger partial charge in [-0.3, -0.25) is 4.79 Å². The molecule has 0 aromatic heterocycles. The van der Waals surface area contributed by atoms with E-state index in [4.69, 9.17) is 5.11 Å². The molecule has 3 N–H and O–H groups in total. The van der Waals surface area contributed by atoms with E-state index in [0.29, 0.717) is 13.0 Å². The highest BCUT2D eigenvalue weighted by Gasteiger charge is 2.02. The van der Waals surface area contributed by atoms with E-state index < -0.39 is 5.97 Å². The van der Waals surface area contributed by atoms with Crippen LogP contribution in [0, 0.1) is 13.8 Å². The van der Waals surface area contributed by atoms with Crippen LogP contribution >= 0.6 is 0 Å². The third kappa shape index (κ3) is 6.78. The van der Waals surface area contributed by atoms with E-state index in [-0.39, 0.29) is 12.5 Å². The highest BCUT2D eigenvalue weighted by molar-refractivity contribution is 5.89. The molecular formula is C15H22N2O3. The fraction of sp³-hybridized carbons (Fsp3) is 0.467. The molecule has 0 aliphatic rings. The molecule has 0 aliphatic heterocycles. The zero-order valence-corrected chi connectivity index (χ0v) is 12.0. The summed E-state index contributed by atoms with van der Waals surface area (Å²) in [4.78, 5) is 22.0. The molecule has 0 saturated carbocycles. The lowest BCUT2D eigenvalue weighted by atomic mass is 10.1. The first-order valence-corrected chi connectivity index (χ1v) is 6.82. The topological polar surface area (TPSA) is 78.4 Å². The Bertz CT molecular complexity index is 452. The molecule has 0 heterocycles. The lowest BCUT2D eigenvalue weighted by molar-refractivity contribution is -0.137. The van der Waals surface area contributed by atoms with E-state index in [1.807, 2.05) is 32.0 Å². The molecule has 2 amide bonds. The second-order valence-electron chi connectivity index (χ2n) is 4.96. The predicted octanol–water partition coefficient (Wildman–Crippen LogP) is 3.07. The number of aliphatic carboxylic acids is 1. The SMILES string of the molecule is Cc1cc(C)cc(NC(=O)NCCCCCC(=O)O)c1. The van der Waals surface area contributed by atoms with Gasteiger partial charge in [0.25, 0.3) is 0 Å². The molecule has 0 atom stereocenters. The smallest absolute Gasteiger partial charge is 0.319 e. The summed E-state index contributed by atoms with van der Waals surface area (Å²) in [5.41, 5.74) is 2.99. The van der Waals surface area contributed by atoms with Crippen molar-refractivity contribution >= 4 is 17.7 Å². The average Bonchev–Trinajstić information content (AvgIpc) is 2.31. The first-order chi connectivity index (χ1) is 9.47. The minimum Gasteiger partial charge on any atom is -0.481 e. The largest absolute Gasteiger partial charge is 0.481 e. The third-order valence-electron chi connectivity index (χ3n) is 2.83. The van der Waals surface area contributed by atoms with Crippen molar-refractivity contribution < 1.29 is 14.7 Å². The van der Waals surface area contributed by atoms with E-state index in [2.05, 4.69) is 10.6 Å². The third-order valence-corrected chi connectivity index (χ3v) is 2.83. The summed E-state index contributed by atoms with van der Waals surface area (Å²) in [7, 11) is 0. The molecule has 5 nitrogen and oxygen atoms in total. The maximum absolute atomic E-state index is 11.7. The number of unbranched alkanes of at least 4 members (excludes halogenated alkanes) is 2. The molecule has 5 heteroatoms. The van der Waals surface area contributed by atoms with Crippen LogP contribution in [0.2, 0.25) is 0 Å². The van der Waals surface area contributed by atoms with Gasteiger partial charge in [0.15, 0.2) is 0 Å². The Labute approximate surface area is 119 Å². The molecule has 20 heavy (non-hydrogen) atoms.